The lowest BCUT2D eigenvalue weighted by molar-refractivity contribution is 0.105. The quantitative estimate of drug-likeness (QED) is 0.877. The van der Waals surface area contributed by atoms with Gasteiger partial charge in [-0.3, -0.25) is 4.90 Å². The summed E-state index contributed by atoms with van der Waals surface area (Å²) in [5.74, 6) is -1.69. The first-order valence-electron chi connectivity index (χ1n) is 6.30. The van der Waals surface area contributed by atoms with Gasteiger partial charge in [0.15, 0.2) is 11.6 Å². The second kappa shape index (κ2) is 5.76. The second-order valence-corrected chi connectivity index (χ2v) is 4.95. The van der Waals surface area contributed by atoms with Crippen LogP contribution in [0.3, 0.4) is 0 Å². The first-order chi connectivity index (χ1) is 8.36. The van der Waals surface area contributed by atoms with Gasteiger partial charge in [-0.1, -0.05) is 26.0 Å². The molecule has 0 aliphatic rings. The molecule has 0 saturated carbocycles. The predicted molar refractivity (Wildman–Crippen MR) is 70.3 cm³/mol. The molecule has 0 aromatic heterocycles. The number of nitrogens with two attached hydrogens (primary N) is 1. The minimum absolute atomic E-state index is 0.229. The third-order valence-corrected chi connectivity index (χ3v) is 3.66. The van der Waals surface area contributed by atoms with Crippen LogP contribution >= 0.6 is 0 Å². The van der Waals surface area contributed by atoms with E-state index in [1.807, 2.05) is 27.7 Å². The zero-order chi connectivity index (χ0) is 13.9. The fourth-order valence-corrected chi connectivity index (χ4v) is 2.38. The van der Waals surface area contributed by atoms with Gasteiger partial charge in [-0.2, -0.15) is 0 Å². The molecule has 0 fully saturated rings. The maximum atomic E-state index is 13.8. The van der Waals surface area contributed by atoms with Crippen LogP contribution in [0.15, 0.2) is 18.2 Å². The molecule has 2 N–H and O–H groups in total. The Hall–Kier alpha value is -1.00. The van der Waals surface area contributed by atoms with Crippen molar-refractivity contribution >= 4 is 0 Å². The van der Waals surface area contributed by atoms with Gasteiger partial charge in [0.2, 0.25) is 0 Å². The standard InChI is InChI=1S/C14H22F2N2/c1-5-18(6-2)14(3,4)13(17)10-8-7-9-11(15)12(10)16/h7-9,13H,5-6,17H2,1-4H3. The van der Waals surface area contributed by atoms with Crippen molar-refractivity contribution in [3.05, 3.63) is 35.4 Å². The highest BCUT2D eigenvalue weighted by Crippen LogP contribution is 2.30. The van der Waals surface area contributed by atoms with E-state index in [-0.39, 0.29) is 5.56 Å². The minimum Gasteiger partial charge on any atom is -0.322 e. The lowest BCUT2D eigenvalue weighted by Gasteiger charge is -2.42. The molecule has 1 rings (SSSR count). The molecule has 0 radical (unpaired) electrons. The summed E-state index contributed by atoms with van der Waals surface area (Å²) in [7, 11) is 0. The Morgan fingerprint density at radius 3 is 2.28 bits per heavy atom. The Bertz CT molecular complexity index is 401. The van der Waals surface area contributed by atoms with Crippen molar-refractivity contribution in [3.8, 4) is 0 Å². The summed E-state index contributed by atoms with van der Waals surface area (Å²) in [5, 5.41) is 0. The summed E-state index contributed by atoms with van der Waals surface area (Å²) in [6.45, 7) is 9.59. The van der Waals surface area contributed by atoms with Crippen molar-refractivity contribution in [2.45, 2.75) is 39.3 Å². The van der Waals surface area contributed by atoms with E-state index in [1.54, 1.807) is 6.07 Å². The van der Waals surface area contributed by atoms with Crippen molar-refractivity contribution < 1.29 is 8.78 Å². The van der Waals surface area contributed by atoms with E-state index < -0.39 is 23.2 Å². The highest BCUT2D eigenvalue weighted by atomic mass is 19.2. The van der Waals surface area contributed by atoms with Gasteiger partial charge in [-0.25, -0.2) is 8.78 Å². The van der Waals surface area contributed by atoms with E-state index in [9.17, 15) is 8.78 Å². The summed E-state index contributed by atoms with van der Waals surface area (Å²) in [5.41, 5.74) is 5.94. The number of benzene rings is 1. The van der Waals surface area contributed by atoms with E-state index in [2.05, 4.69) is 4.90 Å². The van der Waals surface area contributed by atoms with Crippen molar-refractivity contribution in [1.29, 1.82) is 0 Å². The molecule has 1 atom stereocenters. The number of nitrogens with zero attached hydrogens (tertiary/aromatic N) is 1. The van der Waals surface area contributed by atoms with Gasteiger partial charge in [0.25, 0.3) is 0 Å². The minimum atomic E-state index is -0.849. The average Bonchev–Trinajstić information content (AvgIpc) is 2.33. The first-order valence-corrected chi connectivity index (χ1v) is 6.30. The smallest absolute Gasteiger partial charge is 0.163 e. The Morgan fingerprint density at radius 2 is 1.78 bits per heavy atom. The van der Waals surface area contributed by atoms with E-state index in [1.165, 1.54) is 6.07 Å². The molecule has 102 valence electrons. The fourth-order valence-electron chi connectivity index (χ4n) is 2.38. The molecule has 18 heavy (non-hydrogen) atoms. The number of hydrogen-bond donors (Lipinski definition) is 1. The van der Waals surface area contributed by atoms with Gasteiger partial charge in [-0.15, -0.1) is 0 Å². The van der Waals surface area contributed by atoms with Crippen LogP contribution in [0.4, 0.5) is 8.78 Å². The van der Waals surface area contributed by atoms with Gasteiger partial charge in [0, 0.05) is 11.1 Å². The molecule has 0 heterocycles. The Labute approximate surface area is 108 Å². The van der Waals surface area contributed by atoms with Crippen LogP contribution in [0, 0.1) is 11.6 Å². The lowest BCUT2D eigenvalue weighted by atomic mass is 9.87. The molecule has 0 aliphatic carbocycles. The Kier molecular flexibility index (Phi) is 4.82. The summed E-state index contributed by atoms with van der Waals surface area (Å²) in [4.78, 5) is 2.14. The zero-order valence-corrected chi connectivity index (χ0v) is 11.5. The fraction of sp³-hybridized carbons (Fsp3) is 0.571. The second-order valence-electron chi connectivity index (χ2n) is 4.95. The number of halogens is 2. The van der Waals surface area contributed by atoms with Gasteiger partial charge < -0.3 is 5.73 Å². The average molecular weight is 256 g/mol. The molecule has 0 bridgehead atoms. The zero-order valence-electron chi connectivity index (χ0n) is 11.5. The van der Waals surface area contributed by atoms with Crippen molar-refractivity contribution in [2.75, 3.05) is 13.1 Å². The topological polar surface area (TPSA) is 29.3 Å². The maximum absolute atomic E-state index is 13.8. The predicted octanol–water partition coefficient (Wildman–Crippen LogP) is 3.09. The number of rotatable bonds is 5. The van der Waals surface area contributed by atoms with Crippen LogP contribution in [-0.4, -0.2) is 23.5 Å². The molecule has 1 aromatic rings. The summed E-state index contributed by atoms with van der Waals surface area (Å²) >= 11 is 0. The highest BCUT2D eigenvalue weighted by Gasteiger charge is 2.34. The van der Waals surface area contributed by atoms with E-state index >= 15 is 0 Å². The van der Waals surface area contributed by atoms with Crippen molar-refractivity contribution in [2.24, 2.45) is 5.73 Å². The van der Waals surface area contributed by atoms with E-state index in [0.29, 0.717) is 0 Å². The Balaban J connectivity index is 3.12. The SMILES string of the molecule is CCN(CC)C(C)(C)C(N)c1cccc(F)c1F. The van der Waals surface area contributed by atoms with Crippen LogP contribution in [0.5, 0.6) is 0 Å². The summed E-state index contributed by atoms with van der Waals surface area (Å²) in [6, 6.07) is 3.57. The molecule has 0 aliphatic heterocycles. The van der Waals surface area contributed by atoms with Crippen molar-refractivity contribution in [3.63, 3.8) is 0 Å². The van der Waals surface area contributed by atoms with Crippen molar-refractivity contribution in [1.82, 2.24) is 4.90 Å². The van der Waals surface area contributed by atoms with E-state index in [0.717, 1.165) is 19.2 Å². The highest BCUT2D eigenvalue weighted by molar-refractivity contribution is 5.25. The molecule has 0 amide bonds. The molecule has 2 nitrogen and oxygen atoms in total. The number of likely N-dealkylation sites (N-methyl/N-ethyl adjacent to an activating group) is 1. The monoisotopic (exact) mass is 256 g/mol. The molecule has 4 heteroatoms. The number of hydrogen-bond acceptors (Lipinski definition) is 2. The van der Waals surface area contributed by atoms with Gasteiger partial charge in [0.05, 0.1) is 6.04 Å². The lowest BCUT2D eigenvalue weighted by Crippen LogP contribution is -2.51. The van der Waals surface area contributed by atoms with Crippen LogP contribution in [0.25, 0.3) is 0 Å². The van der Waals surface area contributed by atoms with Crippen LogP contribution in [0.1, 0.15) is 39.3 Å². The Morgan fingerprint density at radius 1 is 1.22 bits per heavy atom. The van der Waals surface area contributed by atoms with Gasteiger partial charge in [-0.05, 0) is 33.0 Å². The van der Waals surface area contributed by atoms with Crippen LogP contribution in [-0.2, 0) is 0 Å². The normalized spacial score (nSPS) is 14.0. The summed E-state index contributed by atoms with van der Waals surface area (Å²) < 4.78 is 27.0. The maximum Gasteiger partial charge on any atom is 0.163 e. The first kappa shape index (κ1) is 15.1. The van der Waals surface area contributed by atoms with Gasteiger partial charge >= 0.3 is 0 Å². The largest absolute Gasteiger partial charge is 0.322 e. The van der Waals surface area contributed by atoms with E-state index in [4.69, 9.17) is 5.73 Å². The molecule has 0 saturated heterocycles. The van der Waals surface area contributed by atoms with Crippen LogP contribution < -0.4 is 5.73 Å². The molecular formula is C14H22F2N2. The van der Waals surface area contributed by atoms with Gasteiger partial charge in [0.1, 0.15) is 0 Å². The molecule has 1 aromatic carbocycles. The third kappa shape index (κ3) is 2.70. The molecule has 0 spiro atoms. The summed E-state index contributed by atoms with van der Waals surface area (Å²) in [6.07, 6.45) is 0. The molecule has 1 unspecified atom stereocenters. The third-order valence-electron chi connectivity index (χ3n) is 3.66. The molecular weight excluding hydrogens is 234 g/mol. The van der Waals surface area contributed by atoms with Crippen LogP contribution in [0.2, 0.25) is 0 Å².